The fourth-order valence-corrected chi connectivity index (χ4v) is 1.20. The van der Waals surface area contributed by atoms with Crippen LogP contribution in [0, 0.1) is 0 Å². The number of aromatic nitrogens is 1. The van der Waals surface area contributed by atoms with Gasteiger partial charge >= 0.3 is 0 Å². The highest BCUT2D eigenvalue weighted by atomic mass is 16.3. The molecule has 1 fully saturated rings. The van der Waals surface area contributed by atoms with E-state index in [0.717, 1.165) is 19.3 Å². The molecule has 0 saturated heterocycles. The molecule has 2 rings (SSSR count). The predicted molar refractivity (Wildman–Crippen MR) is 42.1 cm³/mol. The first kappa shape index (κ1) is 6.80. The largest absolute Gasteiger partial charge is 0.390 e. The Labute approximate surface area is 65.9 Å². The second kappa shape index (κ2) is 2.31. The van der Waals surface area contributed by atoms with E-state index in [4.69, 9.17) is 0 Å². The number of nitrogens with zero attached hydrogens (tertiary/aromatic N) is 1. The Morgan fingerprint density at radius 3 is 2.55 bits per heavy atom. The summed E-state index contributed by atoms with van der Waals surface area (Å²) in [4.78, 5) is 3.91. The summed E-state index contributed by atoms with van der Waals surface area (Å²) in [5.74, 6) is 0. The zero-order chi connectivity index (χ0) is 7.73. The Balaban J connectivity index is 2.07. The molecule has 2 heteroatoms. The van der Waals surface area contributed by atoms with Gasteiger partial charge in [0.1, 0.15) is 0 Å². The SMILES string of the molecule is OC1(Cc2ccncc2)CC1. The van der Waals surface area contributed by atoms with Crippen LogP contribution in [0.4, 0.5) is 0 Å². The molecule has 0 amide bonds. The molecule has 1 aliphatic rings. The van der Waals surface area contributed by atoms with Gasteiger partial charge in [-0.05, 0) is 30.5 Å². The molecule has 1 aromatic rings. The fraction of sp³-hybridized carbons (Fsp3) is 0.444. The van der Waals surface area contributed by atoms with Gasteiger partial charge in [-0.15, -0.1) is 0 Å². The van der Waals surface area contributed by atoms with E-state index in [1.807, 2.05) is 12.1 Å². The van der Waals surface area contributed by atoms with E-state index in [1.54, 1.807) is 12.4 Å². The third-order valence-electron chi connectivity index (χ3n) is 2.11. The molecule has 0 unspecified atom stereocenters. The van der Waals surface area contributed by atoms with E-state index in [9.17, 15) is 5.11 Å². The van der Waals surface area contributed by atoms with Crippen LogP contribution in [0.1, 0.15) is 18.4 Å². The first-order valence-electron chi connectivity index (χ1n) is 3.90. The van der Waals surface area contributed by atoms with Crippen LogP contribution in [0.2, 0.25) is 0 Å². The second-order valence-electron chi connectivity index (χ2n) is 3.26. The zero-order valence-electron chi connectivity index (χ0n) is 6.33. The zero-order valence-corrected chi connectivity index (χ0v) is 6.33. The molecular weight excluding hydrogens is 138 g/mol. The number of rotatable bonds is 2. The number of hydrogen-bond acceptors (Lipinski definition) is 2. The monoisotopic (exact) mass is 149 g/mol. The summed E-state index contributed by atoms with van der Waals surface area (Å²) in [5.41, 5.74) is 0.807. The molecule has 0 radical (unpaired) electrons. The van der Waals surface area contributed by atoms with Gasteiger partial charge in [0, 0.05) is 18.8 Å². The van der Waals surface area contributed by atoms with Gasteiger partial charge in [-0.2, -0.15) is 0 Å². The van der Waals surface area contributed by atoms with Crippen LogP contribution in [0.5, 0.6) is 0 Å². The molecule has 0 spiro atoms. The summed E-state index contributed by atoms with van der Waals surface area (Å²) in [6.07, 6.45) is 6.22. The van der Waals surface area contributed by atoms with Crippen LogP contribution in [0.25, 0.3) is 0 Å². The fourth-order valence-electron chi connectivity index (χ4n) is 1.20. The number of hydrogen-bond donors (Lipinski definition) is 1. The maximum absolute atomic E-state index is 9.56. The maximum Gasteiger partial charge on any atom is 0.0690 e. The maximum atomic E-state index is 9.56. The van der Waals surface area contributed by atoms with Crippen LogP contribution in [-0.2, 0) is 6.42 Å². The molecular formula is C9H11NO. The molecule has 1 N–H and O–H groups in total. The highest BCUT2D eigenvalue weighted by Crippen LogP contribution is 2.37. The van der Waals surface area contributed by atoms with E-state index in [1.165, 1.54) is 5.56 Å². The summed E-state index contributed by atoms with van der Waals surface area (Å²) in [6.45, 7) is 0. The Bertz CT molecular complexity index is 241. The number of aliphatic hydroxyl groups is 1. The minimum atomic E-state index is -0.374. The van der Waals surface area contributed by atoms with Crippen molar-refractivity contribution in [2.45, 2.75) is 24.9 Å². The Hall–Kier alpha value is -0.890. The van der Waals surface area contributed by atoms with Gasteiger partial charge in [-0.25, -0.2) is 0 Å². The van der Waals surface area contributed by atoms with Crippen molar-refractivity contribution in [2.24, 2.45) is 0 Å². The minimum Gasteiger partial charge on any atom is -0.390 e. The summed E-state index contributed by atoms with van der Waals surface area (Å²) < 4.78 is 0. The summed E-state index contributed by atoms with van der Waals surface area (Å²) in [7, 11) is 0. The van der Waals surface area contributed by atoms with Gasteiger partial charge < -0.3 is 5.11 Å². The van der Waals surface area contributed by atoms with Crippen LogP contribution < -0.4 is 0 Å². The van der Waals surface area contributed by atoms with Crippen molar-refractivity contribution >= 4 is 0 Å². The van der Waals surface area contributed by atoms with E-state index in [-0.39, 0.29) is 5.60 Å². The first-order chi connectivity index (χ1) is 5.29. The standard InChI is InChI=1S/C9H11NO/c11-9(3-4-9)7-8-1-5-10-6-2-8/h1-2,5-6,11H,3-4,7H2. The highest BCUT2D eigenvalue weighted by Gasteiger charge is 2.39. The highest BCUT2D eigenvalue weighted by molar-refractivity contribution is 5.15. The summed E-state index contributed by atoms with van der Waals surface area (Å²) >= 11 is 0. The Morgan fingerprint density at radius 2 is 2.00 bits per heavy atom. The average molecular weight is 149 g/mol. The number of pyridine rings is 1. The summed E-state index contributed by atoms with van der Waals surface area (Å²) in [6, 6.07) is 3.91. The first-order valence-corrected chi connectivity index (χ1v) is 3.90. The van der Waals surface area contributed by atoms with Gasteiger partial charge in [-0.3, -0.25) is 4.98 Å². The Morgan fingerprint density at radius 1 is 1.36 bits per heavy atom. The molecule has 0 bridgehead atoms. The smallest absolute Gasteiger partial charge is 0.0690 e. The van der Waals surface area contributed by atoms with E-state index in [0.29, 0.717) is 0 Å². The van der Waals surface area contributed by atoms with Crippen molar-refractivity contribution in [1.29, 1.82) is 0 Å². The van der Waals surface area contributed by atoms with Crippen LogP contribution in [0.15, 0.2) is 24.5 Å². The van der Waals surface area contributed by atoms with Crippen molar-refractivity contribution in [1.82, 2.24) is 4.98 Å². The molecule has 0 aliphatic heterocycles. The Kier molecular flexibility index (Phi) is 1.43. The molecule has 0 atom stereocenters. The summed E-state index contributed by atoms with van der Waals surface area (Å²) in [5, 5.41) is 9.56. The average Bonchev–Trinajstić information content (AvgIpc) is 2.70. The minimum absolute atomic E-state index is 0.374. The van der Waals surface area contributed by atoms with Crippen molar-refractivity contribution in [2.75, 3.05) is 0 Å². The van der Waals surface area contributed by atoms with Gasteiger partial charge in [0.05, 0.1) is 5.60 Å². The van der Waals surface area contributed by atoms with Gasteiger partial charge in [0.15, 0.2) is 0 Å². The topological polar surface area (TPSA) is 33.1 Å². The lowest BCUT2D eigenvalue weighted by molar-refractivity contribution is 0.151. The van der Waals surface area contributed by atoms with Gasteiger partial charge in [0.2, 0.25) is 0 Å². The molecule has 11 heavy (non-hydrogen) atoms. The van der Waals surface area contributed by atoms with Crippen molar-refractivity contribution in [3.63, 3.8) is 0 Å². The van der Waals surface area contributed by atoms with Crippen molar-refractivity contribution < 1.29 is 5.11 Å². The van der Waals surface area contributed by atoms with Crippen LogP contribution >= 0.6 is 0 Å². The lowest BCUT2D eigenvalue weighted by Gasteiger charge is -2.05. The molecule has 2 nitrogen and oxygen atoms in total. The molecule has 1 saturated carbocycles. The third-order valence-corrected chi connectivity index (χ3v) is 2.11. The molecule has 58 valence electrons. The van der Waals surface area contributed by atoms with Crippen LogP contribution in [0.3, 0.4) is 0 Å². The van der Waals surface area contributed by atoms with Crippen molar-refractivity contribution in [3.05, 3.63) is 30.1 Å². The molecule has 1 heterocycles. The normalized spacial score (nSPS) is 19.7. The van der Waals surface area contributed by atoms with Gasteiger partial charge in [-0.1, -0.05) is 0 Å². The van der Waals surface area contributed by atoms with E-state index in [2.05, 4.69) is 4.98 Å². The molecule has 1 aromatic heterocycles. The third kappa shape index (κ3) is 1.57. The molecule has 1 aliphatic carbocycles. The molecule has 0 aromatic carbocycles. The van der Waals surface area contributed by atoms with E-state index >= 15 is 0 Å². The predicted octanol–water partition coefficient (Wildman–Crippen LogP) is 1.15. The quantitative estimate of drug-likeness (QED) is 0.684. The lowest BCUT2D eigenvalue weighted by atomic mass is 10.1. The van der Waals surface area contributed by atoms with Crippen molar-refractivity contribution in [3.8, 4) is 0 Å². The van der Waals surface area contributed by atoms with Gasteiger partial charge in [0.25, 0.3) is 0 Å². The second-order valence-corrected chi connectivity index (χ2v) is 3.26. The lowest BCUT2D eigenvalue weighted by Crippen LogP contribution is -2.10. The van der Waals surface area contributed by atoms with Crippen LogP contribution in [-0.4, -0.2) is 15.7 Å². The van der Waals surface area contributed by atoms with E-state index < -0.39 is 0 Å².